The molecule has 7 nitrogen and oxygen atoms in total. The molecule has 36 heavy (non-hydrogen) atoms. The molecular weight excluding hydrogens is 450 g/mol. The first-order valence-electron chi connectivity index (χ1n) is 12.6. The Morgan fingerprint density at radius 3 is 2.86 bits per heavy atom. The number of benzene rings is 2. The molecule has 0 spiro atoms. The number of carbonyl (C=O) groups is 1. The second kappa shape index (κ2) is 7.56. The average molecular weight is 478 g/mol. The highest BCUT2D eigenvalue weighted by Gasteiger charge is 2.50. The minimum absolute atomic E-state index is 0.0361. The summed E-state index contributed by atoms with van der Waals surface area (Å²) in [6.45, 7) is 7.28. The molecule has 1 saturated heterocycles. The van der Waals surface area contributed by atoms with Crippen molar-refractivity contribution in [3.8, 4) is 11.6 Å². The molecule has 2 bridgehead atoms. The Morgan fingerprint density at radius 1 is 1.14 bits per heavy atom. The summed E-state index contributed by atoms with van der Waals surface area (Å²) >= 11 is 0. The summed E-state index contributed by atoms with van der Waals surface area (Å²) in [5, 5.41) is 0. The van der Waals surface area contributed by atoms with Crippen LogP contribution >= 0.6 is 0 Å². The smallest absolute Gasteiger partial charge is 0.254 e. The molecule has 4 heterocycles. The molecule has 0 radical (unpaired) electrons. The van der Waals surface area contributed by atoms with E-state index in [4.69, 9.17) is 9.40 Å². The SMILES string of the molecule is Cc1cnc(-c2nc3cc4c(cc3o2)[C@]2(C)CCN(C(=O)c3ccc5c(c3)CC=N5)[C@H](C4)[C@H]2C)cn1. The Bertz CT molecular complexity index is 1570. The van der Waals surface area contributed by atoms with Gasteiger partial charge in [-0.2, -0.15) is 0 Å². The number of nitrogens with zero attached hydrogens (tertiary/aromatic N) is 5. The van der Waals surface area contributed by atoms with Gasteiger partial charge >= 0.3 is 0 Å². The van der Waals surface area contributed by atoms with E-state index >= 15 is 0 Å². The third kappa shape index (κ3) is 3.08. The Labute approximate surface area is 209 Å². The lowest BCUT2D eigenvalue weighted by atomic mass is 9.59. The van der Waals surface area contributed by atoms with Crippen LogP contribution < -0.4 is 0 Å². The molecule has 1 amide bonds. The Hall–Kier alpha value is -3.87. The first-order valence-corrected chi connectivity index (χ1v) is 12.6. The zero-order valence-electron chi connectivity index (χ0n) is 20.7. The molecule has 4 aromatic rings. The maximum absolute atomic E-state index is 13.7. The lowest BCUT2D eigenvalue weighted by Crippen LogP contribution is -2.59. The van der Waals surface area contributed by atoms with Crippen molar-refractivity contribution in [2.45, 2.75) is 51.5 Å². The van der Waals surface area contributed by atoms with Gasteiger partial charge in [-0.3, -0.25) is 14.8 Å². The summed E-state index contributed by atoms with van der Waals surface area (Å²) in [6.07, 6.45) is 7.85. The zero-order valence-corrected chi connectivity index (χ0v) is 20.7. The van der Waals surface area contributed by atoms with E-state index in [1.54, 1.807) is 12.4 Å². The van der Waals surface area contributed by atoms with Gasteiger partial charge in [-0.1, -0.05) is 13.8 Å². The second-order valence-corrected chi connectivity index (χ2v) is 10.6. The molecule has 3 atom stereocenters. The molecule has 7 heteroatoms. The maximum atomic E-state index is 13.7. The summed E-state index contributed by atoms with van der Waals surface area (Å²) in [7, 11) is 0. The van der Waals surface area contributed by atoms with E-state index in [1.165, 1.54) is 11.1 Å². The van der Waals surface area contributed by atoms with Crippen LogP contribution in [0.4, 0.5) is 5.69 Å². The zero-order chi connectivity index (χ0) is 24.6. The number of rotatable bonds is 2. The van der Waals surface area contributed by atoms with Gasteiger partial charge in [0.25, 0.3) is 5.91 Å². The number of aromatic nitrogens is 3. The van der Waals surface area contributed by atoms with Crippen molar-refractivity contribution in [1.82, 2.24) is 19.9 Å². The van der Waals surface area contributed by atoms with Gasteiger partial charge in [0.1, 0.15) is 11.2 Å². The maximum Gasteiger partial charge on any atom is 0.254 e. The highest BCUT2D eigenvalue weighted by atomic mass is 16.3. The minimum atomic E-state index is -0.0361. The van der Waals surface area contributed by atoms with Gasteiger partial charge in [0.05, 0.1) is 17.6 Å². The van der Waals surface area contributed by atoms with Crippen molar-refractivity contribution in [1.29, 1.82) is 0 Å². The average Bonchev–Trinajstić information content (AvgIpc) is 3.51. The molecule has 0 unspecified atom stereocenters. The van der Waals surface area contributed by atoms with Gasteiger partial charge in [-0.25, -0.2) is 9.97 Å². The van der Waals surface area contributed by atoms with Gasteiger partial charge in [0.15, 0.2) is 5.58 Å². The van der Waals surface area contributed by atoms with Crippen LogP contribution in [-0.4, -0.2) is 44.6 Å². The predicted molar refractivity (Wildman–Crippen MR) is 138 cm³/mol. The number of amides is 1. The largest absolute Gasteiger partial charge is 0.435 e. The topological polar surface area (TPSA) is 84.5 Å². The minimum Gasteiger partial charge on any atom is -0.435 e. The molecule has 1 fully saturated rings. The van der Waals surface area contributed by atoms with Gasteiger partial charge in [0, 0.05) is 37.0 Å². The van der Waals surface area contributed by atoms with E-state index in [-0.39, 0.29) is 17.4 Å². The molecule has 0 N–H and O–H groups in total. The molecule has 2 aromatic carbocycles. The Morgan fingerprint density at radius 2 is 2.03 bits per heavy atom. The number of piperidine rings is 1. The molecule has 180 valence electrons. The van der Waals surface area contributed by atoms with Gasteiger partial charge in [-0.15, -0.1) is 0 Å². The van der Waals surface area contributed by atoms with Crippen molar-refractivity contribution in [3.05, 3.63) is 70.7 Å². The van der Waals surface area contributed by atoms with Crippen molar-refractivity contribution in [3.63, 3.8) is 0 Å². The van der Waals surface area contributed by atoms with E-state index in [9.17, 15) is 4.79 Å². The lowest BCUT2D eigenvalue weighted by molar-refractivity contribution is 0.0251. The van der Waals surface area contributed by atoms with Crippen LogP contribution in [0.15, 0.2) is 52.1 Å². The fourth-order valence-electron chi connectivity index (χ4n) is 6.33. The van der Waals surface area contributed by atoms with Gasteiger partial charge in [-0.05, 0) is 78.1 Å². The molecule has 3 aliphatic rings. The molecular formula is C29H27N5O2. The number of carbonyl (C=O) groups excluding carboxylic acids is 1. The number of oxazole rings is 1. The Balaban J connectivity index is 1.25. The third-order valence-corrected chi connectivity index (χ3v) is 8.64. The Kier molecular flexibility index (Phi) is 4.50. The number of fused-ring (bicyclic) bond motifs is 6. The van der Waals surface area contributed by atoms with Crippen molar-refractivity contribution in [2.75, 3.05) is 6.54 Å². The van der Waals surface area contributed by atoms with E-state index in [0.29, 0.717) is 17.5 Å². The van der Waals surface area contributed by atoms with Crippen molar-refractivity contribution < 1.29 is 9.21 Å². The normalized spacial score (nSPS) is 24.1. The quantitative estimate of drug-likeness (QED) is 0.395. The fourth-order valence-corrected chi connectivity index (χ4v) is 6.33. The monoisotopic (exact) mass is 477 g/mol. The summed E-state index contributed by atoms with van der Waals surface area (Å²) in [6, 6.07) is 10.4. The highest BCUT2D eigenvalue weighted by Crippen LogP contribution is 2.50. The van der Waals surface area contributed by atoms with Crippen molar-refractivity contribution >= 4 is 28.9 Å². The van der Waals surface area contributed by atoms with E-state index < -0.39 is 0 Å². The standard InChI is InChI=1S/C29H27N5O2/c1-16-14-32-24(15-31-16)27-33-23-11-20-12-25-17(2)29(3,21(20)13-26(23)36-27)7-9-34(25)28(35)19-4-5-22-18(10-19)6-8-30-22/h4-5,8,10-11,13-15,17,25H,6-7,9,12H2,1-3H3/t17-,25-,29-/m1/s1. The van der Waals surface area contributed by atoms with Crippen LogP contribution in [0.3, 0.4) is 0 Å². The van der Waals surface area contributed by atoms with Crippen molar-refractivity contribution in [2.24, 2.45) is 10.9 Å². The van der Waals surface area contributed by atoms with E-state index in [0.717, 1.165) is 59.4 Å². The van der Waals surface area contributed by atoms with Crippen LogP contribution in [0.1, 0.15) is 53.0 Å². The lowest BCUT2D eigenvalue weighted by Gasteiger charge is -2.54. The fraction of sp³-hybridized carbons (Fsp3) is 0.345. The molecule has 1 aliphatic carbocycles. The van der Waals surface area contributed by atoms with E-state index in [1.807, 2.05) is 31.3 Å². The highest BCUT2D eigenvalue weighted by molar-refractivity contribution is 5.96. The summed E-state index contributed by atoms with van der Waals surface area (Å²) in [4.78, 5) is 33.7. The van der Waals surface area contributed by atoms with Gasteiger partial charge < -0.3 is 9.32 Å². The summed E-state index contributed by atoms with van der Waals surface area (Å²) in [5.74, 6) is 0.927. The first kappa shape index (κ1) is 21.4. The third-order valence-electron chi connectivity index (χ3n) is 8.64. The van der Waals surface area contributed by atoms with Crippen LogP contribution in [-0.2, 0) is 18.3 Å². The number of aliphatic imine (C=N–C) groups is 1. The van der Waals surface area contributed by atoms with Crippen LogP contribution in [0.5, 0.6) is 0 Å². The predicted octanol–water partition coefficient (Wildman–Crippen LogP) is 5.22. The van der Waals surface area contributed by atoms with Crippen LogP contribution in [0, 0.1) is 12.8 Å². The summed E-state index contributed by atoms with van der Waals surface area (Å²) < 4.78 is 6.14. The molecule has 2 aromatic heterocycles. The van der Waals surface area contributed by atoms with E-state index in [2.05, 4.69) is 45.8 Å². The molecule has 0 saturated carbocycles. The number of hydrogen-bond donors (Lipinski definition) is 0. The molecule has 2 aliphatic heterocycles. The van der Waals surface area contributed by atoms with Crippen LogP contribution in [0.2, 0.25) is 0 Å². The van der Waals surface area contributed by atoms with Crippen LogP contribution in [0.25, 0.3) is 22.7 Å². The molecule has 7 rings (SSSR count). The number of hydrogen-bond acceptors (Lipinski definition) is 6. The second-order valence-electron chi connectivity index (χ2n) is 10.6. The number of likely N-dealkylation sites (tertiary alicyclic amines) is 1. The number of aryl methyl sites for hydroxylation is 1. The summed E-state index contributed by atoms with van der Waals surface area (Å²) in [5.41, 5.74) is 8.48. The van der Waals surface area contributed by atoms with Gasteiger partial charge in [0.2, 0.25) is 5.89 Å². The first-order chi connectivity index (χ1) is 17.4.